The van der Waals surface area contributed by atoms with Crippen LogP contribution in [0.25, 0.3) is 0 Å². The van der Waals surface area contributed by atoms with Crippen LogP contribution in [0.4, 0.5) is 5.82 Å². The SMILES string of the molecule is CCNC(=NCC(O)c1ccc(C)cc1)NC1CCN(c2cccc(C)n2)CC1. The number of benzene rings is 1. The maximum atomic E-state index is 10.4. The first-order valence-corrected chi connectivity index (χ1v) is 10.5. The third-order valence-electron chi connectivity index (χ3n) is 5.26. The lowest BCUT2D eigenvalue weighted by Gasteiger charge is -2.34. The molecule has 1 atom stereocenters. The number of aryl methyl sites for hydroxylation is 2. The zero-order valence-electron chi connectivity index (χ0n) is 17.7. The summed E-state index contributed by atoms with van der Waals surface area (Å²) in [7, 11) is 0. The van der Waals surface area contributed by atoms with Crippen LogP contribution in [0.1, 0.15) is 42.7 Å². The van der Waals surface area contributed by atoms with E-state index in [4.69, 9.17) is 0 Å². The molecule has 1 aromatic heterocycles. The number of piperidine rings is 1. The Morgan fingerprint density at radius 2 is 1.90 bits per heavy atom. The Labute approximate surface area is 174 Å². The molecule has 0 aliphatic carbocycles. The molecule has 1 fully saturated rings. The van der Waals surface area contributed by atoms with E-state index in [1.165, 1.54) is 5.56 Å². The second-order valence-corrected chi connectivity index (χ2v) is 7.69. The van der Waals surface area contributed by atoms with E-state index in [0.717, 1.165) is 55.5 Å². The van der Waals surface area contributed by atoms with Crippen LogP contribution in [0, 0.1) is 13.8 Å². The average Bonchev–Trinajstić information content (AvgIpc) is 2.73. The van der Waals surface area contributed by atoms with Gasteiger partial charge in [0.2, 0.25) is 0 Å². The van der Waals surface area contributed by atoms with Gasteiger partial charge < -0.3 is 20.6 Å². The summed E-state index contributed by atoms with van der Waals surface area (Å²) >= 11 is 0. The van der Waals surface area contributed by atoms with Gasteiger partial charge in [0, 0.05) is 31.4 Å². The molecule has 1 unspecified atom stereocenters. The number of nitrogens with zero attached hydrogens (tertiary/aromatic N) is 3. The molecule has 1 aliphatic rings. The van der Waals surface area contributed by atoms with E-state index in [-0.39, 0.29) is 0 Å². The number of aromatic nitrogens is 1. The van der Waals surface area contributed by atoms with Gasteiger partial charge in [-0.25, -0.2) is 4.98 Å². The molecule has 3 rings (SSSR count). The predicted octanol–water partition coefficient (Wildman–Crippen LogP) is 2.96. The Morgan fingerprint density at radius 3 is 2.55 bits per heavy atom. The maximum absolute atomic E-state index is 10.4. The van der Waals surface area contributed by atoms with Crippen molar-refractivity contribution in [2.45, 2.75) is 45.8 Å². The van der Waals surface area contributed by atoms with E-state index >= 15 is 0 Å². The molecule has 3 N–H and O–H groups in total. The second kappa shape index (κ2) is 10.3. The molecule has 0 amide bonds. The van der Waals surface area contributed by atoms with E-state index in [2.05, 4.69) is 44.6 Å². The topological polar surface area (TPSA) is 72.8 Å². The van der Waals surface area contributed by atoms with Crippen LogP contribution in [0.5, 0.6) is 0 Å². The summed E-state index contributed by atoms with van der Waals surface area (Å²) in [5.41, 5.74) is 3.14. The molecular formula is C23H33N5O. The van der Waals surface area contributed by atoms with Gasteiger partial charge in [-0.05, 0) is 51.3 Å². The maximum Gasteiger partial charge on any atom is 0.191 e. The van der Waals surface area contributed by atoms with Crippen LogP contribution in [0.15, 0.2) is 47.5 Å². The number of rotatable bonds is 6. The minimum absolute atomic E-state index is 0.338. The van der Waals surface area contributed by atoms with Gasteiger partial charge in [-0.15, -0.1) is 0 Å². The summed E-state index contributed by atoms with van der Waals surface area (Å²) in [6.45, 7) is 9.20. The van der Waals surface area contributed by atoms with E-state index in [1.54, 1.807) is 0 Å². The standard InChI is InChI=1S/C23H33N5O/c1-4-24-23(25-16-21(29)19-10-8-17(2)9-11-19)27-20-12-14-28(15-13-20)22-7-5-6-18(3)26-22/h5-11,20-21,29H,4,12-16H2,1-3H3,(H2,24,25,27). The minimum Gasteiger partial charge on any atom is -0.386 e. The van der Waals surface area contributed by atoms with E-state index in [9.17, 15) is 5.11 Å². The molecule has 1 aromatic carbocycles. The van der Waals surface area contributed by atoms with Crippen LogP contribution in [-0.2, 0) is 0 Å². The first kappa shape index (κ1) is 21.1. The Bertz CT molecular complexity index is 797. The Morgan fingerprint density at radius 1 is 1.17 bits per heavy atom. The summed E-state index contributed by atoms with van der Waals surface area (Å²) in [5, 5.41) is 17.3. The van der Waals surface area contributed by atoms with Gasteiger partial charge >= 0.3 is 0 Å². The monoisotopic (exact) mass is 395 g/mol. The third-order valence-corrected chi connectivity index (χ3v) is 5.26. The lowest BCUT2D eigenvalue weighted by Crippen LogP contribution is -2.49. The molecule has 156 valence electrons. The van der Waals surface area contributed by atoms with Crippen molar-refractivity contribution in [3.8, 4) is 0 Å². The Kier molecular flexibility index (Phi) is 7.47. The van der Waals surface area contributed by atoms with Crippen LogP contribution < -0.4 is 15.5 Å². The van der Waals surface area contributed by atoms with Gasteiger partial charge in [-0.2, -0.15) is 0 Å². The van der Waals surface area contributed by atoms with E-state index in [0.29, 0.717) is 12.6 Å². The average molecular weight is 396 g/mol. The van der Waals surface area contributed by atoms with Gasteiger partial charge in [0.25, 0.3) is 0 Å². The van der Waals surface area contributed by atoms with Crippen molar-refractivity contribution < 1.29 is 5.11 Å². The molecular weight excluding hydrogens is 362 g/mol. The summed E-state index contributed by atoms with van der Waals surface area (Å²) in [5.74, 6) is 1.83. The van der Waals surface area contributed by atoms with E-state index < -0.39 is 6.10 Å². The number of aliphatic imine (C=N–C) groups is 1. The fourth-order valence-corrected chi connectivity index (χ4v) is 3.54. The molecule has 6 heteroatoms. The highest BCUT2D eigenvalue weighted by Gasteiger charge is 2.21. The number of aliphatic hydroxyl groups is 1. The van der Waals surface area contributed by atoms with Gasteiger partial charge in [0.15, 0.2) is 5.96 Å². The van der Waals surface area contributed by atoms with Crippen LogP contribution in [0.3, 0.4) is 0 Å². The van der Waals surface area contributed by atoms with E-state index in [1.807, 2.05) is 44.2 Å². The largest absolute Gasteiger partial charge is 0.386 e. The summed E-state index contributed by atoms with van der Waals surface area (Å²) in [6, 6.07) is 14.5. The summed E-state index contributed by atoms with van der Waals surface area (Å²) in [4.78, 5) is 11.6. The van der Waals surface area contributed by atoms with Crippen molar-refractivity contribution in [1.82, 2.24) is 15.6 Å². The Hall–Kier alpha value is -2.60. The van der Waals surface area contributed by atoms with Crippen LogP contribution in [0.2, 0.25) is 0 Å². The highest BCUT2D eigenvalue weighted by molar-refractivity contribution is 5.80. The molecule has 2 heterocycles. The van der Waals surface area contributed by atoms with Crippen molar-refractivity contribution in [2.24, 2.45) is 4.99 Å². The van der Waals surface area contributed by atoms with Crippen molar-refractivity contribution >= 4 is 11.8 Å². The molecule has 6 nitrogen and oxygen atoms in total. The number of hydrogen-bond donors (Lipinski definition) is 3. The number of pyridine rings is 1. The van der Waals surface area contributed by atoms with Crippen LogP contribution in [-0.4, -0.2) is 48.3 Å². The summed E-state index contributed by atoms with van der Waals surface area (Å²) in [6.07, 6.45) is 1.46. The van der Waals surface area contributed by atoms with Crippen molar-refractivity contribution in [3.63, 3.8) is 0 Å². The van der Waals surface area contributed by atoms with Crippen molar-refractivity contribution in [2.75, 3.05) is 31.1 Å². The molecule has 1 aliphatic heterocycles. The lowest BCUT2D eigenvalue weighted by molar-refractivity contribution is 0.187. The number of nitrogens with one attached hydrogen (secondary N) is 2. The highest BCUT2D eigenvalue weighted by atomic mass is 16.3. The fraction of sp³-hybridized carbons (Fsp3) is 0.478. The second-order valence-electron chi connectivity index (χ2n) is 7.69. The predicted molar refractivity (Wildman–Crippen MR) is 119 cm³/mol. The van der Waals surface area contributed by atoms with Crippen molar-refractivity contribution in [1.29, 1.82) is 0 Å². The molecule has 2 aromatic rings. The number of anilines is 1. The fourth-order valence-electron chi connectivity index (χ4n) is 3.54. The zero-order valence-corrected chi connectivity index (χ0v) is 17.7. The van der Waals surface area contributed by atoms with Gasteiger partial charge in [0.05, 0.1) is 12.6 Å². The number of aliphatic hydroxyl groups excluding tert-OH is 1. The first-order chi connectivity index (χ1) is 14.0. The van der Waals surface area contributed by atoms with Gasteiger partial charge in [-0.3, -0.25) is 4.99 Å². The molecule has 29 heavy (non-hydrogen) atoms. The normalized spacial score (nSPS) is 16.6. The first-order valence-electron chi connectivity index (χ1n) is 10.5. The van der Waals surface area contributed by atoms with Gasteiger partial charge in [0.1, 0.15) is 5.82 Å². The smallest absolute Gasteiger partial charge is 0.191 e. The Balaban J connectivity index is 1.53. The number of guanidine groups is 1. The van der Waals surface area contributed by atoms with Crippen LogP contribution >= 0.6 is 0 Å². The third kappa shape index (κ3) is 6.19. The molecule has 0 bridgehead atoms. The molecule has 0 saturated carbocycles. The molecule has 0 radical (unpaired) electrons. The van der Waals surface area contributed by atoms with Crippen molar-refractivity contribution in [3.05, 3.63) is 59.3 Å². The van der Waals surface area contributed by atoms with Gasteiger partial charge in [-0.1, -0.05) is 35.9 Å². The molecule has 0 spiro atoms. The lowest BCUT2D eigenvalue weighted by atomic mass is 10.1. The molecule has 1 saturated heterocycles. The minimum atomic E-state index is -0.597. The zero-order chi connectivity index (χ0) is 20.6. The number of hydrogen-bond acceptors (Lipinski definition) is 4. The quantitative estimate of drug-likeness (QED) is 0.518. The summed E-state index contributed by atoms with van der Waals surface area (Å²) < 4.78 is 0. The highest BCUT2D eigenvalue weighted by Crippen LogP contribution is 2.18.